The molecule has 2 N–H and O–H groups in total. The number of nitrogens with zero attached hydrogens (tertiary/aromatic N) is 3. The van der Waals surface area contributed by atoms with Gasteiger partial charge in [0.1, 0.15) is 0 Å². The summed E-state index contributed by atoms with van der Waals surface area (Å²) in [5.74, 6) is 0. The van der Waals surface area contributed by atoms with Crippen LogP contribution in [0.25, 0.3) is 5.69 Å². The monoisotopic (exact) mass is 344 g/mol. The molecule has 1 aliphatic heterocycles. The van der Waals surface area contributed by atoms with E-state index < -0.39 is 6.10 Å². The number of hydrogen-bond donors (Lipinski definition) is 2. The van der Waals surface area contributed by atoms with Gasteiger partial charge in [-0.3, -0.25) is 9.48 Å². The second-order valence-electron chi connectivity index (χ2n) is 6.83. The molecule has 0 bridgehead atoms. The Morgan fingerprint density at radius 3 is 2.56 bits per heavy atom. The van der Waals surface area contributed by atoms with Crippen molar-refractivity contribution in [1.82, 2.24) is 19.6 Å². The molecule has 6 heteroatoms. The maximum absolute atomic E-state index is 12.8. The summed E-state index contributed by atoms with van der Waals surface area (Å²) in [7, 11) is 1.90. The number of β-amino-alcohol motifs (C(OH)–C–C–N with tert-alkyl or cyclic N) is 1. The minimum atomic E-state index is -0.404. The molecule has 1 unspecified atom stereocenters. The van der Waals surface area contributed by atoms with Crippen molar-refractivity contribution in [2.24, 2.45) is 7.05 Å². The topological polar surface area (TPSA) is 62.4 Å². The zero-order chi connectivity index (χ0) is 17.8. The molecule has 3 rings (SSSR count). The van der Waals surface area contributed by atoms with E-state index in [0.29, 0.717) is 19.6 Å². The zero-order valence-electron chi connectivity index (χ0n) is 15.1. The van der Waals surface area contributed by atoms with Crippen LogP contribution < -0.4 is 10.9 Å². The van der Waals surface area contributed by atoms with Crippen LogP contribution in [0.3, 0.4) is 0 Å². The molecule has 2 heterocycles. The van der Waals surface area contributed by atoms with Gasteiger partial charge in [-0.2, -0.15) is 0 Å². The summed E-state index contributed by atoms with van der Waals surface area (Å²) in [5, 5.41) is 13.4. The van der Waals surface area contributed by atoms with Crippen LogP contribution in [0.5, 0.6) is 0 Å². The van der Waals surface area contributed by atoms with E-state index in [4.69, 9.17) is 0 Å². The van der Waals surface area contributed by atoms with Gasteiger partial charge in [0.2, 0.25) is 0 Å². The highest BCUT2D eigenvalue weighted by Crippen LogP contribution is 2.10. The first-order valence-corrected chi connectivity index (χ1v) is 9.02. The lowest BCUT2D eigenvalue weighted by Crippen LogP contribution is -2.37. The average Bonchev–Trinajstić information content (AvgIpc) is 3.18. The standard InChI is InChI=1S/C19H28N4O2/c1-15-18(13-20-12-17(24)14-22-10-6-7-11-22)19(25)23(21(15)2)16-8-4-3-5-9-16/h3-5,8-9,17,20,24H,6-7,10-14H2,1-2H3. The molecular weight excluding hydrogens is 316 g/mol. The van der Waals surface area contributed by atoms with Crippen LogP contribution in [0.15, 0.2) is 35.1 Å². The van der Waals surface area contributed by atoms with Crippen molar-refractivity contribution in [2.75, 3.05) is 26.2 Å². The average molecular weight is 344 g/mol. The maximum Gasteiger partial charge on any atom is 0.276 e. The molecule has 0 saturated carbocycles. The number of hydrogen-bond acceptors (Lipinski definition) is 4. The first-order chi connectivity index (χ1) is 12.1. The minimum Gasteiger partial charge on any atom is -0.390 e. The van der Waals surface area contributed by atoms with Gasteiger partial charge in [0.25, 0.3) is 5.56 Å². The van der Waals surface area contributed by atoms with Crippen molar-refractivity contribution < 1.29 is 5.11 Å². The Morgan fingerprint density at radius 2 is 1.88 bits per heavy atom. The van der Waals surface area contributed by atoms with Crippen LogP contribution >= 0.6 is 0 Å². The summed E-state index contributed by atoms with van der Waals surface area (Å²) < 4.78 is 3.57. The predicted molar refractivity (Wildman–Crippen MR) is 99.1 cm³/mol. The van der Waals surface area contributed by atoms with E-state index in [1.54, 1.807) is 4.68 Å². The van der Waals surface area contributed by atoms with Gasteiger partial charge in [-0.05, 0) is 45.0 Å². The van der Waals surface area contributed by atoms with Gasteiger partial charge in [0, 0.05) is 32.4 Å². The molecule has 1 aromatic heterocycles. The largest absolute Gasteiger partial charge is 0.390 e. The van der Waals surface area contributed by atoms with Crippen LogP contribution in [0.4, 0.5) is 0 Å². The van der Waals surface area contributed by atoms with E-state index in [-0.39, 0.29) is 5.56 Å². The van der Waals surface area contributed by atoms with Gasteiger partial charge in [-0.25, -0.2) is 4.68 Å². The van der Waals surface area contributed by atoms with Gasteiger partial charge >= 0.3 is 0 Å². The second-order valence-corrected chi connectivity index (χ2v) is 6.83. The first kappa shape index (κ1) is 17.9. The molecule has 0 amide bonds. The molecule has 0 spiro atoms. The Balaban J connectivity index is 1.64. The molecule has 1 atom stereocenters. The van der Waals surface area contributed by atoms with Gasteiger partial charge in [-0.1, -0.05) is 18.2 Å². The molecule has 1 aliphatic rings. The highest BCUT2D eigenvalue weighted by atomic mass is 16.3. The van der Waals surface area contributed by atoms with Crippen molar-refractivity contribution in [3.05, 3.63) is 51.9 Å². The lowest BCUT2D eigenvalue weighted by atomic mass is 10.2. The zero-order valence-corrected chi connectivity index (χ0v) is 15.1. The molecule has 25 heavy (non-hydrogen) atoms. The number of likely N-dealkylation sites (tertiary alicyclic amines) is 1. The SMILES string of the molecule is Cc1c(CNCC(O)CN2CCCC2)c(=O)n(-c2ccccc2)n1C. The number of benzene rings is 1. The summed E-state index contributed by atoms with van der Waals surface area (Å²) in [6, 6.07) is 9.65. The highest BCUT2D eigenvalue weighted by Gasteiger charge is 2.18. The molecule has 0 aliphatic carbocycles. The third kappa shape index (κ3) is 4.03. The molecule has 2 aromatic rings. The van der Waals surface area contributed by atoms with E-state index in [9.17, 15) is 9.90 Å². The van der Waals surface area contributed by atoms with Crippen molar-refractivity contribution in [1.29, 1.82) is 0 Å². The van der Waals surface area contributed by atoms with E-state index in [1.807, 2.05) is 49.0 Å². The lowest BCUT2D eigenvalue weighted by molar-refractivity contribution is 0.123. The Labute approximate surface area is 148 Å². The van der Waals surface area contributed by atoms with Gasteiger partial charge < -0.3 is 15.3 Å². The molecule has 0 radical (unpaired) electrons. The fourth-order valence-electron chi connectivity index (χ4n) is 3.52. The highest BCUT2D eigenvalue weighted by molar-refractivity contribution is 5.33. The quantitative estimate of drug-likeness (QED) is 0.788. The third-order valence-corrected chi connectivity index (χ3v) is 5.02. The maximum atomic E-state index is 12.8. The molecular formula is C19H28N4O2. The van der Waals surface area contributed by atoms with Crippen molar-refractivity contribution in [2.45, 2.75) is 32.4 Å². The number of para-hydroxylation sites is 1. The number of rotatable bonds is 7. The normalized spacial score (nSPS) is 16.4. The fourth-order valence-corrected chi connectivity index (χ4v) is 3.52. The summed E-state index contributed by atoms with van der Waals surface area (Å²) in [5.41, 5.74) is 2.54. The van der Waals surface area contributed by atoms with Crippen LogP contribution in [0, 0.1) is 6.92 Å². The van der Waals surface area contributed by atoms with Crippen molar-refractivity contribution >= 4 is 0 Å². The van der Waals surface area contributed by atoms with Gasteiger partial charge in [-0.15, -0.1) is 0 Å². The lowest BCUT2D eigenvalue weighted by Gasteiger charge is -2.19. The third-order valence-electron chi connectivity index (χ3n) is 5.02. The summed E-state index contributed by atoms with van der Waals surface area (Å²) in [6.07, 6.45) is 2.04. The fraction of sp³-hybridized carbons (Fsp3) is 0.526. The molecule has 6 nitrogen and oxygen atoms in total. The molecule has 1 saturated heterocycles. The number of aromatic nitrogens is 2. The Hall–Kier alpha value is -1.89. The van der Waals surface area contributed by atoms with Gasteiger partial charge in [0.05, 0.1) is 17.4 Å². The number of aliphatic hydroxyl groups excluding tert-OH is 1. The van der Waals surface area contributed by atoms with Crippen molar-refractivity contribution in [3.63, 3.8) is 0 Å². The second kappa shape index (κ2) is 7.99. The van der Waals surface area contributed by atoms with E-state index in [2.05, 4.69) is 10.2 Å². The van der Waals surface area contributed by atoms with Crippen molar-refractivity contribution in [3.8, 4) is 5.69 Å². The van der Waals surface area contributed by atoms with Crippen LogP contribution in [-0.2, 0) is 13.6 Å². The molecule has 136 valence electrons. The summed E-state index contributed by atoms with van der Waals surface area (Å²) in [4.78, 5) is 15.1. The Bertz CT molecular complexity index is 745. The van der Waals surface area contributed by atoms with E-state index in [1.165, 1.54) is 12.8 Å². The van der Waals surface area contributed by atoms with E-state index in [0.717, 1.165) is 30.0 Å². The number of nitrogens with one attached hydrogen (secondary N) is 1. The van der Waals surface area contributed by atoms with Crippen LogP contribution in [0.2, 0.25) is 0 Å². The Kier molecular flexibility index (Phi) is 5.73. The smallest absolute Gasteiger partial charge is 0.276 e. The summed E-state index contributed by atoms with van der Waals surface area (Å²) in [6.45, 7) is 5.78. The van der Waals surface area contributed by atoms with Crippen LogP contribution in [-0.4, -0.2) is 51.7 Å². The van der Waals surface area contributed by atoms with E-state index >= 15 is 0 Å². The first-order valence-electron chi connectivity index (χ1n) is 9.02. The minimum absolute atomic E-state index is 0.00673. The predicted octanol–water partition coefficient (Wildman–Crippen LogP) is 1.03. The Morgan fingerprint density at radius 1 is 1.20 bits per heavy atom. The summed E-state index contributed by atoms with van der Waals surface area (Å²) >= 11 is 0. The molecule has 1 aromatic carbocycles. The number of aliphatic hydroxyl groups is 1. The van der Waals surface area contributed by atoms with Gasteiger partial charge in [0.15, 0.2) is 0 Å². The van der Waals surface area contributed by atoms with Crippen LogP contribution in [0.1, 0.15) is 24.1 Å². The molecule has 1 fully saturated rings.